The highest BCUT2D eigenvalue weighted by Gasteiger charge is 2.33. The Bertz CT molecular complexity index is 1210. The minimum absolute atomic E-state index is 0.192. The number of hydrogen-bond acceptors (Lipinski definition) is 6. The van der Waals surface area contributed by atoms with E-state index in [1.807, 2.05) is 30.3 Å². The number of likely N-dealkylation sites (tertiary alicyclic amines) is 1. The van der Waals surface area contributed by atoms with Gasteiger partial charge >= 0.3 is 12.1 Å². The Balaban J connectivity index is 1.38. The van der Waals surface area contributed by atoms with E-state index in [9.17, 15) is 14.4 Å². The number of carbonyl (C=O) groups is 3. The van der Waals surface area contributed by atoms with Crippen molar-refractivity contribution in [1.29, 1.82) is 0 Å². The molecular weight excluding hydrogens is 494 g/mol. The van der Waals surface area contributed by atoms with Gasteiger partial charge in [-0.3, -0.25) is 9.59 Å². The van der Waals surface area contributed by atoms with Crippen molar-refractivity contribution < 1.29 is 28.6 Å². The molecule has 1 saturated heterocycles. The molecule has 1 fully saturated rings. The van der Waals surface area contributed by atoms with Gasteiger partial charge in [-0.05, 0) is 54.8 Å². The molecule has 0 saturated carbocycles. The Hall–Kier alpha value is -3.84. The second-order valence-electron chi connectivity index (χ2n) is 8.76. The van der Waals surface area contributed by atoms with Crippen molar-refractivity contribution >= 4 is 29.4 Å². The van der Waals surface area contributed by atoms with Crippen LogP contribution in [-0.4, -0.2) is 42.9 Å². The number of halogens is 1. The van der Waals surface area contributed by atoms with Crippen LogP contribution in [0.2, 0.25) is 5.02 Å². The van der Waals surface area contributed by atoms with Gasteiger partial charge in [0.15, 0.2) is 6.10 Å². The molecule has 4 rings (SSSR count). The molecule has 0 aromatic heterocycles. The van der Waals surface area contributed by atoms with Crippen molar-refractivity contribution in [2.24, 2.45) is 5.92 Å². The van der Waals surface area contributed by atoms with E-state index >= 15 is 0 Å². The van der Waals surface area contributed by atoms with E-state index in [2.05, 4.69) is 0 Å². The molecule has 7 nitrogen and oxygen atoms in total. The average Bonchev–Trinajstić information content (AvgIpc) is 2.95. The van der Waals surface area contributed by atoms with Crippen LogP contribution in [0.3, 0.4) is 0 Å². The van der Waals surface area contributed by atoms with E-state index in [4.69, 9.17) is 25.8 Å². The minimum atomic E-state index is -1.12. The zero-order valence-corrected chi connectivity index (χ0v) is 21.2. The van der Waals surface area contributed by atoms with Gasteiger partial charge in [0.1, 0.15) is 12.4 Å². The number of esters is 1. The van der Waals surface area contributed by atoms with Gasteiger partial charge in [0.05, 0.1) is 13.0 Å². The van der Waals surface area contributed by atoms with Crippen LogP contribution in [0, 0.1) is 5.92 Å². The second kappa shape index (κ2) is 12.4. The molecule has 1 aliphatic heterocycles. The number of amides is 1. The van der Waals surface area contributed by atoms with Crippen molar-refractivity contribution in [2.75, 3.05) is 20.2 Å². The normalized spacial score (nSPS) is 14.5. The molecule has 8 heteroatoms. The molecule has 0 aliphatic carbocycles. The fraction of sp³-hybridized carbons (Fsp3) is 0.276. The number of benzene rings is 3. The van der Waals surface area contributed by atoms with E-state index in [0.717, 1.165) is 5.56 Å². The maximum absolute atomic E-state index is 13.4. The summed E-state index contributed by atoms with van der Waals surface area (Å²) in [4.78, 5) is 40.5. The maximum atomic E-state index is 13.4. The number of Topliss-reactive ketones (excluding diaryl/α,β-unsaturated/α-hetero) is 1. The molecule has 0 radical (unpaired) electrons. The minimum Gasteiger partial charge on any atom is -0.497 e. The number of ether oxygens (including phenoxy) is 3. The smallest absolute Gasteiger partial charge is 0.410 e. The standard InChI is InChI=1S/C29H28ClNO6/c1-35-25-13-9-21(10-14-25)26(32)27(22-7-11-24(30)12-8-22)37-28(33)23-15-17-31(18-16-23)29(34)36-19-20-5-3-2-4-6-20/h2-14,23,27H,15-19H2,1H3. The number of piperidine rings is 1. The van der Waals surface area contributed by atoms with Crippen LogP contribution >= 0.6 is 11.6 Å². The van der Waals surface area contributed by atoms with Crippen molar-refractivity contribution in [3.05, 3.63) is 101 Å². The van der Waals surface area contributed by atoms with Crippen molar-refractivity contribution in [2.45, 2.75) is 25.6 Å². The van der Waals surface area contributed by atoms with Crippen LogP contribution in [0.1, 0.15) is 40.4 Å². The summed E-state index contributed by atoms with van der Waals surface area (Å²) in [5.74, 6) is -0.637. The quantitative estimate of drug-likeness (QED) is 0.272. The van der Waals surface area contributed by atoms with Gasteiger partial charge in [-0.1, -0.05) is 54.1 Å². The summed E-state index contributed by atoms with van der Waals surface area (Å²) in [6.45, 7) is 0.925. The van der Waals surface area contributed by atoms with E-state index in [-0.39, 0.29) is 12.4 Å². The molecule has 3 aromatic rings. The van der Waals surface area contributed by atoms with Gasteiger partial charge in [0.25, 0.3) is 0 Å². The third-order valence-corrected chi connectivity index (χ3v) is 6.56. The second-order valence-corrected chi connectivity index (χ2v) is 9.20. The Morgan fingerprint density at radius 2 is 1.57 bits per heavy atom. The van der Waals surface area contributed by atoms with E-state index in [1.54, 1.807) is 60.5 Å². The lowest BCUT2D eigenvalue weighted by Crippen LogP contribution is -2.41. The Morgan fingerprint density at radius 1 is 0.919 bits per heavy atom. The van der Waals surface area contributed by atoms with Gasteiger partial charge in [-0.25, -0.2) is 4.79 Å². The van der Waals surface area contributed by atoms with E-state index in [1.165, 1.54) is 0 Å². The highest BCUT2D eigenvalue weighted by Crippen LogP contribution is 2.28. The van der Waals surface area contributed by atoms with Crippen LogP contribution in [-0.2, 0) is 20.9 Å². The molecule has 37 heavy (non-hydrogen) atoms. The highest BCUT2D eigenvalue weighted by molar-refractivity contribution is 6.30. The molecule has 3 aromatic carbocycles. The zero-order valence-electron chi connectivity index (χ0n) is 20.5. The number of rotatable bonds is 8. The number of nitrogens with zero attached hydrogens (tertiary/aromatic N) is 1. The third-order valence-electron chi connectivity index (χ3n) is 6.31. The topological polar surface area (TPSA) is 82.1 Å². The lowest BCUT2D eigenvalue weighted by atomic mass is 9.96. The molecule has 1 unspecified atom stereocenters. The lowest BCUT2D eigenvalue weighted by Gasteiger charge is -2.31. The van der Waals surface area contributed by atoms with Crippen LogP contribution in [0.25, 0.3) is 0 Å². The van der Waals surface area contributed by atoms with Gasteiger partial charge in [0.2, 0.25) is 5.78 Å². The SMILES string of the molecule is COc1ccc(C(=O)C(OC(=O)C2CCN(C(=O)OCc3ccccc3)CC2)c2ccc(Cl)cc2)cc1. The van der Waals surface area contributed by atoms with E-state index < -0.39 is 24.1 Å². The molecule has 0 bridgehead atoms. The van der Waals surface area contributed by atoms with E-state index in [0.29, 0.717) is 47.8 Å². The molecule has 1 amide bonds. The summed E-state index contributed by atoms with van der Waals surface area (Å²) in [7, 11) is 1.55. The van der Waals surface area contributed by atoms with Gasteiger partial charge in [-0.2, -0.15) is 0 Å². The van der Waals surface area contributed by atoms with Gasteiger partial charge < -0.3 is 19.1 Å². The molecule has 0 N–H and O–H groups in total. The molecule has 0 spiro atoms. The Labute approximate surface area is 220 Å². The van der Waals surface area contributed by atoms with Crippen LogP contribution in [0.5, 0.6) is 5.75 Å². The molecule has 192 valence electrons. The largest absolute Gasteiger partial charge is 0.497 e. The number of ketones is 1. The Morgan fingerprint density at radius 3 is 2.19 bits per heavy atom. The van der Waals surface area contributed by atoms with Gasteiger partial charge in [0, 0.05) is 29.2 Å². The van der Waals surface area contributed by atoms with Crippen molar-refractivity contribution in [3.63, 3.8) is 0 Å². The summed E-state index contributed by atoms with van der Waals surface area (Å²) in [6.07, 6.45) is -0.691. The number of methoxy groups -OCH3 is 1. The first-order valence-electron chi connectivity index (χ1n) is 12.0. The monoisotopic (exact) mass is 521 g/mol. The predicted octanol–water partition coefficient (Wildman–Crippen LogP) is 5.86. The van der Waals surface area contributed by atoms with Crippen LogP contribution in [0.15, 0.2) is 78.9 Å². The summed E-state index contributed by atoms with van der Waals surface area (Å²) >= 11 is 6.02. The Kier molecular flexibility index (Phi) is 8.80. The fourth-order valence-electron chi connectivity index (χ4n) is 4.14. The summed E-state index contributed by atoms with van der Waals surface area (Å²) in [5, 5.41) is 0.511. The number of carbonyl (C=O) groups excluding carboxylic acids is 3. The summed E-state index contributed by atoms with van der Waals surface area (Å²) < 4.78 is 16.4. The summed E-state index contributed by atoms with van der Waals surface area (Å²) in [6, 6.07) is 22.7. The lowest BCUT2D eigenvalue weighted by molar-refractivity contribution is -0.153. The zero-order chi connectivity index (χ0) is 26.2. The predicted molar refractivity (Wildman–Crippen MR) is 139 cm³/mol. The van der Waals surface area contributed by atoms with Crippen molar-refractivity contribution in [3.8, 4) is 5.75 Å². The molecular formula is C29H28ClNO6. The highest BCUT2D eigenvalue weighted by atomic mass is 35.5. The molecule has 1 atom stereocenters. The van der Waals surface area contributed by atoms with Crippen LogP contribution in [0.4, 0.5) is 4.79 Å². The fourth-order valence-corrected chi connectivity index (χ4v) is 4.26. The maximum Gasteiger partial charge on any atom is 0.410 e. The van der Waals surface area contributed by atoms with Crippen LogP contribution < -0.4 is 4.74 Å². The van der Waals surface area contributed by atoms with Crippen molar-refractivity contribution in [1.82, 2.24) is 4.90 Å². The van der Waals surface area contributed by atoms with Gasteiger partial charge in [-0.15, -0.1) is 0 Å². The molecule has 1 aliphatic rings. The third kappa shape index (κ3) is 6.89. The molecule has 1 heterocycles. The first kappa shape index (κ1) is 26.2. The first-order chi connectivity index (χ1) is 17.9. The number of hydrogen-bond donors (Lipinski definition) is 0. The average molecular weight is 522 g/mol. The summed E-state index contributed by atoms with van der Waals surface area (Å²) in [5.41, 5.74) is 1.83. The first-order valence-corrected chi connectivity index (χ1v) is 12.4.